The van der Waals surface area contributed by atoms with Gasteiger partial charge in [-0.15, -0.1) is 0 Å². The highest BCUT2D eigenvalue weighted by Crippen LogP contribution is 2.31. The summed E-state index contributed by atoms with van der Waals surface area (Å²) < 4.78 is 46.6. The lowest BCUT2D eigenvalue weighted by atomic mass is 10.3. The van der Waals surface area contributed by atoms with Gasteiger partial charge in [0.15, 0.2) is 5.13 Å². The molecule has 1 aliphatic heterocycles. The first-order valence-corrected chi connectivity index (χ1v) is 8.90. The van der Waals surface area contributed by atoms with Crippen LogP contribution in [0.1, 0.15) is 6.42 Å². The Morgan fingerprint density at radius 1 is 1.35 bits per heavy atom. The van der Waals surface area contributed by atoms with Gasteiger partial charge in [0.2, 0.25) is 5.91 Å². The number of halogens is 3. The second kappa shape index (κ2) is 8.19. The third kappa shape index (κ3) is 5.29. The topological polar surface area (TPSA) is 63.7 Å². The maximum absolute atomic E-state index is 12.0. The van der Waals surface area contributed by atoms with E-state index in [4.69, 9.17) is 4.74 Å². The predicted octanol–water partition coefficient (Wildman–Crippen LogP) is 3.04. The predicted molar refractivity (Wildman–Crippen MR) is 92.8 cm³/mol. The number of ether oxygens (including phenoxy) is 2. The summed E-state index contributed by atoms with van der Waals surface area (Å²) in [6, 6.07) is 5.34. The van der Waals surface area contributed by atoms with Gasteiger partial charge in [-0.05, 0) is 18.2 Å². The molecule has 1 fully saturated rings. The smallest absolute Gasteiger partial charge is 0.378 e. The van der Waals surface area contributed by atoms with E-state index in [0.717, 1.165) is 28.4 Å². The molecule has 1 saturated heterocycles. The number of carbonyl (C=O) groups excluding carboxylic acids is 1. The fourth-order valence-electron chi connectivity index (χ4n) is 2.46. The van der Waals surface area contributed by atoms with Crippen molar-refractivity contribution in [2.75, 3.05) is 49.7 Å². The van der Waals surface area contributed by atoms with Gasteiger partial charge in [-0.1, -0.05) is 11.3 Å². The summed E-state index contributed by atoms with van der Waals surface area (Å²) in [7, 11) is 0. The first-order valence-electron chi connectivity index (χ1n) is 8.08. The average molecular weight is 389 g/mol. The quantitative estimate of drug-likeness (QED) is 0.770. The van der Waals surface area contributed by atoms with E-state index in [1.165, 1.54) is 11.3 Å². The van der Waals surface area contributed by atoms with Gasteiger partial charge in [-0.25, -0.2) is 4.98 Å². The lowest BCUT2D eigenvalue weighted by Gasteiger charge is -2.25. The number of carbonyl (C=O) groups is 1. The molecule has 6 nitrogen and oxygen atoms in total. The van der Waals surface area contributed by atoms with Crippen molar-refractivity contribution in [3.05, 3.63) is 18.2 Å². The number of aromatic nitrogens is 1. The van der Waals surface area contributed by atoms with Crippen LogP contribution < -0.4 is 10.2 Å². The molecule has 1 N–H and O–H groups in total. The highest BCUT2D eigenvalue weighted by molar-refractivity contribution is 7.22. The fraction of sp³-hybridized carbons (Fsp3) is 0.500. The number of anilines is 2. The summed E-state index contributed by atoms with van der Waals surface area (Å²) in [4.78, 5) is 18.6. The molecule has 0 spiro atoms. The van der Waals surface area contributed by atoms with Gasteiger partial charge in [0, 0.05) is 18.8 Å². The Kier molecular flexibility index (Phi) is 5.94. The number of hydrogen-bond acceptors (Lipinski definition) is 6. The van der Waals surface area contributed by atoms with Gasteiger partial charge in [0.1, 0.15) is 6.61 Å². The van der Waals surface area contributed by atoms with Gasteiger partial charge >= 0.3 is 6.18 Å². The van der Waals surface area contributed by atoms with Crippen LogP contribution in [0.4, 0.5) is 24.0 Å². The van der Waals surface area contributed by atoms with Crippen molar-refractivity contribution in [3.63, 3.8) is 0 Å². The van der Waals surface area contributed by atoms with E-state index in [-0.39, 0.29) is 13.0 Å². The molecule has 0 unspecified atom stereocenters. The molecule has 26 heavy (non-hydrogen) atoms. The first-order chi connectivity index (χ1) is 12.4. The Labute approximate surface area is 151 Å². The van der Waals surface area contributed by atoms with Crippen LogP contribution in [0.3, 0.4) is 0 Å². The van der Waals surface area contributed by atoms with Crippen LogP contribution in [-0.2, 0) is 14.3 Å². The Morgan fingerprint density at radius 3 is 2.85 bits per heavy atom. The SMILES string of the molecule is O=C(CCOCC(F)(F)F)Nc1ccc2nc(N3CCOCC3)sc2c1. The third-order valence-electron chi connectivity index (χ3n) is 3.68. The fourth-order valence-corrected chi connectivity index (χ4v) is 3.51. The average Bonchev–Trinajstić information content (AvgIpc) is 3.02. The number of nitrogens with zero attached hydrogens (tertiary/aromatic N) is 2. The molecule has 10 heteroatoms. The molecule has 2 heterocycles. The van der Waals surface area contributed by atoms with Crippen LogP contribution >= 0.6 is 11.3 Å². The van der Waals surface area contributed by atoms with E-state index < -0.39 is 18.7 Å². The summed E-state index contributed by atoms with van der Waals surface area (Å²) >= 11 is 1.53. The van der Waals surface area contributed by atoms with Crippen molar-refractivity contribution < 1.29 is 27.4 Å². The van der Waals surface area contributed by atoms with Gasteiger partial charge in [-0.3, -0.25) is 4.79 Å². The number of amides is 1. The molecule has 0 radical (unpaired) electrons. The van der Waals surface area contributed by atoms with Crippen molar-refractivity contribution in [3.8, 4) is 0 Å². The van der Waals surface area contributed by atoms with E-state index >= 15 is 0 Å². The summed E-state index contributed by atoms with van der Waals surface area (Å²) in [6.45, 7) is 1.30. The summed E-state index contributed by atoms with van der Waals surface area (Å²) in [5, 5.41) is 3.58. The highest BCUT2D eigenvalue weighted by Gasteiger charge is 2.27. The Bertz CT molecular complexity index is 760. The number of fused-ring (bicyclic) bond motifs is 1. The number of morpholine rings is 1. The lowest BCUT2D eigenvalue weighted by molar-refractivity contribution is -0.174. The van der Waals surface area contributed by atoms with Crippen LogP contribution in [0.2, 0.25) is 0 Å². The van der Waals surface area contributed by atoms with Crippen LogP contribution in [0, 0.1) is 0 Å². The van der Waals surface area contributed by atoms with E-state index in [1.807, 2.05) is 12.1 Å². The number of rotatable bonds is 6. The second-order valence-corrected chi connectivity index (χ2v) is 6.75. The van der Waals surface area contributed by atoms with Crippen molar-refractivity contribution >= 4 is 38.3 Å². The molecule has 0 aliphatic carbocycles. The normalized spacial score (nSPS) is 15.4. The summed E-state index contributed by atoms with van der Waals surface area (Å²) in [6.07, 6.45) is -4.53. The molecule has 142 valence electrons. The van der Waals surface area contributed by atoms with E-state index in [2.05, 4.69) is 19.9 Å². The van der Waals surface area contributed by atoms with Crippen molar-refractivity contribution in [2.45, 2.75) is 12.6 Å². The van der Waals surface area contributed by atoms with Gasteiger partial charge in [0.25, 0.3) is 0 Å². The first kappa shape index (κ1) is 18.9. The molecule has 1 aliphatic rings. The lowest BCUT2D eigenvalue weighted by Crippen LogP contribution is -2.36. The summed E-state index contributed by atoms with van der Waals surface area (Å²) in [5.41, 5.74) is 1.42. The van der Waals surface area contributed by atoms with E-state index in [1.54, 1.807) is 6.07 Å². The Hall–Kier alpha value is -1.91. The minimum absolute atomic E-state index is 0.143. The minimum Gasteiger partial charge on any atom is -0.378 e. The number of hydrogen-bond donors (Lipinski definition) is 1. The van der Waals surface area contributed by atoms with Gasteiger partial charge in [-0.2, -0.15) is 13.2 Å². The molecule has 0 bridgehead atoms. The van der Waals surface area contributed by atoms with Crippen LogP contribution in [-0.4, -0.2) is 56.6 Å². The van der Waals surface area contributed by atoms with Crippen LogP contribution in [0.25, 0.3) is 10.2 Å². The maximum Gasteiger partial charge on any atom is 0.411 e. The largest absolute Gasteiger partial charge is 0.411 e. The van der Waals surface area contributed by atoms with Gasteiger partial charge < -0.3 is 19.7 Å². The minimum atomic E-state index is -4.38. The van der Waals surface area contributed by atoms with Crippen molar-refractivity contribution in [2.24, 2.45) is 0 Å². The zero-order valence-electron chi connectivity index (χ0n) is 13.8. The Morgan fingerprint density at radius 2 is 2.12 bits per heavy atom. The molecule has 1 aromatic heterocycles. The summed E-state index contributed by atoms with van der Waals surface area (Å²) in [5.74, 6) is -0.399. The van der Waals surface area contributed by atoms with Gasteiger partial charge in [0.05, 0.1) is 36.5 Å². The van der Waals surface area contributed by atoms with Crippen molar-refractivity contribution in [1.82, 2.24) is 4.98 Å². The maximum atomic E-state index is 12.0. The third-order valence-corrected chi connectivity index (χ3v) is 4.76. The number of nitrogens with one attached hydrogen (secondary N) is 1. The van der Waals surface area contributed by atoms with E-state index in [0.29, 0.717) is 18.9 Å². The second-order valence-electron chi connectivity index (χ2n) is 5.74. The molecule has 2 aromatic rings. The van der Waals surface area contributed by atoms with Crippen LogP contribution in [0.15, 0.2) is 18.2 Å². The zero-order chi connectivity index (χ0) is 18.6. The standard InChI is InChI=1S/C16H18F3N3O3S/c17-16(18,19)10-25-6-3-14(23)20-11-1-2-12-13(9-11)26-15(21-12)22-4-7-24-8-5-22/h1-2,9H,3-8,10H2,(H,20,23). The zero-order valence-corrected chi connectivity index (χ0v) is 14.7. The molecule has 1 aromatic carbocycles. The monoisotopic (exact) mass is 389 g/mol. The van der Waals surface area contributed by atoms with Crippen LogP contribution in [0.5, 0.6) is 0 Å². The molecule has 0 atom stereocenters. The highest BCUT2D eigenvalue weighted by atomic mass is 32.1. The molecule has 3 rings (SSSR count). The number of alkyl halides is 3. The van der Waals surface area contributed by atoms with E-state index in [9.17, 15) is 18.0 Å². The van der Waals surface area contributed by atoms with Crippen molar-refractivity contribution in [1.29, 1.82) is 0 Å². The molecule has 0 saturated carbocycles. The number of benzene rings is 1. The number of thiazole rings is 1. The molecular formula is C16H18F3N3O3S. The molecule has 1 amide bonds. The molecular weight excluding hydrogens is 371 g/mol. The Balaban J connectivity index is 1.55.